The predicted molar refractivity (Wildman–Crippen MR) is 39.4 cm³/mol. The summed E-state index contributed by atoms with van der Waals surface area (Å²) in [7, 11) is 0. The summed E-state index contributed by atoms with van der Waals surface area (Å²) in [5.74, 6) is 1.61. The van der Waals surface area contributed by atoms with Crippen LogP contribution in [-0.4, -0.2) is 11.9 Å². The van der Waals surface area contributed by atoms with Crippen LogP contribution in [-0.2, 0) is 4.79 Å². The summed E-state index contributed by atoms with van der Waals surface area (Å²) in [5.41, 5.74) is 15.9. The Balaban J connectivity index is 3.16. The largest absolute Gasteiger partial charge is 0.393 e. The summed E-state index contributed by atoms with van der Waals surface area (Å²) in [6, 6.07) is 0. The van der Waals surface area contributed by atoms with Gasteiger partial charge in [-0.15, -0.1) is 0 Å². The second-order valence-corrected chi connectivity index (χ2v) is 1.90. The minimum atomic E-state index is 0.0231. The number of rotatable bonds is 0. The van der Waals surface area contributed by atoms with Gasteiger partial charge in [-0.25, -0.2) is 4.79 Å². The lowest BCUT2D eigenvalue weighted by atomic mass is 10.3. The first-order valence-electron chi connectivity index (χ1n) is 2.77. The van der Waals surface area contributed by atoms with Gasteiger partial charge in [0.15, 0.2) is 23.4 Å². The summed E-state index contributed by atoms with van der Waals surface area (Å²) in [5, 5.41) is 2.40. The average Bonchev–Trinajstić information content (AvgIpc) is 1.96. The highest BCUT2D eigenvalue weighted by Crippen LogP contribution is 2.04. The van der Waals surface area contributed by atoms with Crippen molar-refractivity contribution in [2.45, 2.75) is 0 Å². The first kappa shape index (κ1) is 7.17. The lowest BCUT2D eigenvalue weighted by Crippen LogP contribution is -2.38. The zero-order valence-electron chi connectivity index (χ0n) is 5.59. The smallest absolute Gasteiger partial charge is 0.200 e. The van der Waals surface area contributed by atoms with Crippen molar-refractivity contribution in [1.29, 1.82) is 0 Å². The fraction of sp³-hybridized carbons (Fsp3) is 0. The molecule has 0 atom stereocenters. The van der Waals surface area contributed by atoms with Crippen LogP contribution in [0.3, 0.4) is 0 Å². The van der Waals surface area contributed by atoms with Gasteiger partial charge in [-0.2, -0.15) is 4.99 Å². The maximum atomic E-state index is 10.2. The number of nitrogens with one attached hydrogen (secondary N) is 1. The van der Waals surface area contributed by atoms with E-state index in [4.69, 9.17) is 17.2 Å². The third kappa shape index (κ3) is 1.15. The topological polar surface area (TPSA) is 120 Å². The van der Waals surface area contributed by atoms with Crippen molar-refractivity contribution < 1.29 is 4.79 Å². The van der Waals surface area contributed by atoms with Crippen molar-refractivity contribution in [2.75, 3.05) is 0 Å². The molecule has 0 fully saturated rings. The Morgan fingerprint density at radius 3 is 2.55 bits per heavy atom. The van der Waals surface area contributed by atoms with E-state index in [0.29, 0.717) is 0 Å². The zero-order valence-corrected chi connectivity index (χ0v) is 5.59. The molecular weight excluding hydrogens is 146 g/mol. The molecule has 6 heteroatoms. The third-order valence-electron chi connectivity index (χ3n) is 1.14. The Kier molecular flexibility index (Phi) is 1.54. The molecule has 0 bridgehead atoms. The van der Waals surface area contributed by atoms with Gasteiger partial charge < -0.3 is 22.5 Å². The Labute approximate surface area is 62.4 Å². The molecule has 0 saturated carbocycles. The molecule has 0 aromatic rings. The summed E-state index contributed by atoms with van der Waals surface area (Å²) in [4.78, 5) is 13.7. The summed E-state index contributed by atoms with van der Waals surface area (Å²) < 4.78 is 0. The highest BCUT2D eigenvalue weighted by molar-refractivity contribution is 5.86. The molecule has 6 nitrogen and oxygen atoms in total. The van der Waals surface area contributed by atoms with Crippen LogP contribution in [0.1, 0.15) is 0 Å². The first-order chi connectivity index (χ1) is 5.15. The molecule has 1 aliphatic rings. The summed E-state index contributed by atoms with van der Waals surface area (Å²) in [6.07, 6.45) is 0. The fourth-order valence-electron chi connectivity index (χ4n) is 0.622. The van der Waals surface area contributed by atoms with Gasteiger partial charge in [0.2, 0.25) is 0 Å². The number of hydrogen-bond donors (Lipinski definition) is 4. The van der Waals surface area contributed by atoms with E-state index in [0.717, 1.165) is 0 Å². The minimum absolute atomic E-state index is 0.0231. The van der Waals surface area contributed by atoms with E-state index in [9.17, 15) is 4.79 Å². The van der Waals surface area contributed by atoms with E-state index < -0.39 is 0 Å². The molecule has 0 aromatic carbocycles. The monoisotopic (exact) mass is 153 g/mol. The zero-order chi connectivity index (χ0) is 8.43. The Bertz CT molecular complexity index is 296. The van der Waals surface area contributed by atoms with Crippen LogP contribution in [0.5, 0.6) is 0 Å². The molecule has 0 radical (unpaired) electrons. The van der Waals surface area contributed by atoms with Gasteiger partial charge >= 0.3 is 0 Å². The van der Waals surface area contributed by atoms with Crippen molar-refractivity contribution in [3.05, 3.63) is 17.2 Å². The number of carbonyl (C=O) groups excluding carboxylic acids is 1. The summed E-state index contributed by atoms with van der Waals surface area (Å²) >= 11 is 0. The quantitative estimate of drug-likeness (QED) is 0.292. The molecule has 11 heavy (non-hydrogen) atoms. The van der Waals surface area contributed by atoms with E-state index in [1.54, 1.807) is 5.94 Å². The second-order valence-electron chi connectivity index (χ2n) is 1.90. The molecule has 7 N–H and O–H groups in total. The number of aliphatic imine (C=N–C) groups is 1. The van der Waals surface area contributed by atoms with Crippen LogP contribution in [0.25, 0.3) is 0 Å². The van der Waals surface area contributed by atoms with Crippen molar-refractivity contribution >= 4 is 11.9 Å². The van der Waals surface area contributed by atoms with E-state index in [1.165, 1.54) is 0 Å². The SMILES string of the molecule is NC1=NC(N)=C(N)C(=C=O)N1. The van der Waals surface area contributed by atoms with Crippen LogP contribution in [0.2, 0.25) is 0 Å². The van der Waals surface area contributed by atoms with Crippen LogP contribution in [0, 0.1) is 0 Å². The van der Waals surface area contributed by atoms with Crippen molar-refractivity contribution in [1.82, 2.24) is 5.32 Å². The Morgan fingerprint density at radius 2 is 2.00 bits per heavy atom. The third-order valence-corrected chi connectivity index (χ3v) is 1.14. The first-order valence-corrected chi connectivity index (χ1v) is 2.77. The van der Waals surface area contributed by atoms with Gasteiger partial charge in [0.25, 0.3) is 0 Å². The molecule has 0 saturated heterocycles. The summed E-state index contributed by atoms with van der Waals surface area (Å²) in [6.45, 7) is 0. The number of guanidine groups is 1. The van der Waals surface area contributed by atoms with E-state index >= 15 is 0 Å². The van der Waals surface area contributed by atoms with Gasteiger partial charge in [-0.05, 0) is 0 Å². The molecule has 0 unspecified atom stereocenters. The van der Waals surface area contributed by atoms with Crippen LogP contribution in [0.15, 0.2) is 22.2 Å². The van der Waals surface area contributed by atoms with Crippen LogP contribution >= 0.6 is 0 Å². The van der Waals surface area contributed by atoms with E-state index in [1.807, 2.05) is 0 Å². The highest BCUT2D eigenvalue weighted by atomic mass is 16.1. The normalized spacial score (nSPS) is 17.1. The lowest BCUT2D eigenvalue weighted by molar-refractivity contribution is 0.566. The minimum Gasteiger partial charge on any atom is -0.393 e. The van der Waals surface area contributed by atoms with Gasteiger partial charge in [-0.3, -0.25) is 0 Å². The van der Waals surface area contributed by atoms with Crippen molar-refractivity contribution in [3.63, 3.8) is 0 Å². The number of nitrogens with zero attached hydrogens (tertiary/aromatic N) is 1. The molecule has 0 aromatic heterocycles. The molecular formula is C5H7N5O. The highest BCUT2D eigenvalue weighted by Gasteiger charge is 2.13. The van der Waals surface area contributed by atoms with Gasteiger partial charge in [0.1, 0.15) is 5.70 Å². The predicted octanol–water partition coefficient (Wildman–Crippen LogP) is -2.29. The van der Waals surface area contributed by atoms with Crippen LogP contribution in [0.4, 0.5) is 0 Å². The lowest BCUT2D eigenvalue weighted by Gasteiger charge is -2.12. The van der Waals surface area contributed by atoms with Crippen molar-refractivity contribution in [3.8, 4) is 0 Å². The fourth-order valence-corrected chi connectivity index (χ4v) is 0.622. The van der Waals surface area contributed by atoms with E-state index in [2.05, 4.69) is 10.3 Å². The molecule has 0 aliphatic carbocycles. The van der Waals surface area contributed by atoms with Crippen molar-refractivity contribution in [2.24, 2.45) is 22.2 Å². The van der Waals surface area contributed by atoms with Gasteiger partial charge in [0, 0.05) is 0 Å². The number of nitrogens with two attached hydrogens (primary N) is 3. The average molecular weight is 153 g/mol. The maximum absolute atomic E-state index is 10.2. The molecule has 58 valence electrons. The number of hydrogen-bond acceptors (Lipinski definition) is 6. The molecule has 1 heterocycles. The van der Waals surface area contributed by atoms with E-state index in [-0.39, 0.29) is 23.2 Å². The Morgan fingerprint density at radius 1 is 1.36 bits per heavy atom. The van der Waals surface area contributed by atoms with Crippen LogP contribution < -0.4 is 22.5 Å². The van der Waals surface area contributed by atoms with Gasteiger partial charge in [-0.1, -0.05) is 0 Å². The molecule has 0 spiro atoms. The maximum Gasteiger partial charge on any atom is 0.200 e. The Hall–Kier alpha value is -1.94. The standard InChI is InChI=1S/C5H7N5O/c6-3-2(1-11)9-5(8)10-4(3)7/h6-7H2,(H3,8,9,10). The second kappa shape index (κ2) is 2.36. The molecule has 1 rings (SSSR count). The molecule has 0 amide bonds. The molecule has 1 aliphatic heterocycles. The van der Waals surface area contributed by atoms with Gasteiger partial charge in [0.05, 0.1) is 0 Å².